The van der Waals surface area contributed by atoms with Gasteiger partial charge in [-0.2, -0.15) is 11.8 Å². The molecule has 88 valence electrons. The van der Waals surface area contributed by atoms with Crippen LogP contribution in [0.2, 0.25) is 0 Å². The molecule has 0 aromatic rings. The van der Waals surface area contributed by atoms with Crippen LogP contribution in [0.4, 0.5) is 0 Å². The molecule has 0 aromatic carbocycles. The lowest BCUT2D eigenvalue weighted by Crippen LogP contribution is -2.59. The van der Waals surface area contributed by atoms with E-state index in [1.54, 1.807) is 0 Å². The second kappa shape index (κ2) is 5.07. The van der Waals surface area contributed by atoms with E-state index in [9.17, 15) is 5.11 Å². The summed E-state index contributed by atoms with van der Waals surface area (Å²) < 4.78 is 0. The van der Waals surface area contributed by atoms with Gasteiger partial charge in [-0.1, -0.05) is 19.8 Å². The smallest absolute Gasteiger partial charge is 0.0624 e. The summed E-state index contributed by atoms with van der Waals surface area (Å²) in [4.78, 5) is 0. The van der Waals surface area contributed by atoms with E-state index in [0.29, 0.717) is 17.9 Å². The third kappa shape index (κ3) is 2.51. The first-order valence-electron chi connectivity index (χ1n) is 6.27. The lowest BCUT2D eigenvalue weighted by Gasteiger charge is -2.43. The summed E-state index contributed by atoms with van der Waals surface area (Å²) in [6.07, 6.45) is 7.73. The number of thioether (sulfide) groups is 1. The summed E-state index contributed by atoms with van der Waals surface area (Å²) in [5.41, 5.74) is 0.0118. The minimum absolute atomic E-state index is 0.0118. The number of hydrogen-bond acceptors (Lipinski definition) is 3. The van der Waals surface area contributed by atoms with Crippen LogP contribution in [0.1, 0.15) is 45.4 Å². The largest absolute Gasteiger partial charge is 0.394 e. The molecule has 0 aromatic heterocycles. The molecule has 1 aliphatic carbocycles. The molecule has 0 bridgehead atoms. The van der Waals surface area contributed by atoms with E-state index in [1.807, 2.05) is 11.8 Å². The van der Waals surface area contributed by atoms with Crippen LogP contribution in [0.15, 0.2) is 0 Å². The Morgan fingerprint density at radius 3 is 2.67 bits per heavy atom. The molecule has 0 amide bonds. The number of aliphatic hydroxyl groups is 1. The molecular weight excluding hydrogens is 206 g/mol. The SMILES string of the molecule is CC1SCCCC1(CO)NC1CCCC1. The van der Waals surface area contributed by atoms with Crippen molar-refractivity contribution >= 4 is 11.8 Å². The van der Waals surface area contributed by atoms with Crippen molar-refractivity contribution in [2.24, 2.45) is 0 Å². The zero-order chi connectivity index (χ0) is 10.7. The number of nitrogens with one attached hydrogen (secondary N) is 1. The Balaban J connectivity index is 1.98. The van der Waals surface area contributed by atoms with E-state index in [4.69, 9.17) is 0 Å². The van der Waals surface area contributed by atoms with E-state index in [0.717, 1.165) is 6.42 Å². The van der Waals surface area contributed by atoms with Gasteiger partial charge in [0, 0.05) is 11.3 Å². The second-order valence-corrected chi connectivity index (χ2v) is 6.51. The lowest BCUT2D eigenvalue weighted by molar-refractivity contribution is 0.134. The molecule has 2 nitrogen and oxygen atoms in total. The van der Waals surface area contributed by atoms with Gasteiger partial charge in [0.2, 0.25) is 0 Å². The average molecular weight is 229 g/mol. The fourth-order valence-corrected chi connectivity index (χ4v) is 4.17. The maximum atomic E-state index is 9.70. The summed E-state index contributed by atoms with van der Waals surface area (Å²) in [5, 5.41) is 14.0. The predicted octanol–water partition coefficient (Wildman–Crippen LogP) is 2.17. The maximum absolute atomic E-state index is 9.70. The van der Waals surface area contributed by atoms with Gasteiger partial charge in [0.05, 0.1) is 12.1 Å². The number of hydrogen-bond donors (Lipinski definition) is 2. The van der Waals surface area contributed by atoms with Crippen LogP contribution in [0, 0.1) is 0 Å². The zero-order valence-electron chi connectivity index (χ0n) is 9.67. The average Bonchev–Trinajstić information content (AvgIpc) is 2.74. The van der Waals surface area contributed by atoms with Gasteiger partial charge in [-0.05, 0) is 31.4 Å². The van der Waals surface area contributed by atoms with Gasteiger partial charge in [-0.25, -0.2) is 0 Å². The first-order valence-corrected chi connectivity index (χ1v) is 7.32. The van der Waals surface area contributed by atoms with E-state index in [1.165, 1.54) is 37.9 Å². The topological polar surface area (TPSA) is 32.3 Å². The fourth-order valence-electron chi connectivity index (χ4n) is 2.93. The van der Waals surface area contributed by atoms with Crippen molar-refractivity contribution in [2.75, 3.05) is 12.4 Å². The van der Waals surface area contributed by atoms with Gasteiger partial charge in [0.15, 0.2) is 0 Å². The highest BCUT2D eigenvalue weighted by Crippen LogP contribution is 2.35. The Hall–Kier alpha value is 0.270. The van der Waals surface area contributed by atoms with Crippen molar-refractivity contribution in [1.29, 1.82) is 0 Å². The van der Waals surface area contributed by atoms with Crippen LogP contribution in [0.3, 0.4) is 0 Å². The van der Waals surface area contributed by atoms with E-state index >= 15 is 0 Å². The molecule has 15 heavy (non-hydrogen) atoms. The molecule has 1 saturated carbocycles. The quantitative estimate of drug-likeness (QED) is 0.778. The molecule has 1 aliphatic heterocycles. The standard InChI is InChI=1S/C12H23NOS/c1-10-12(9-14,7-4-8-15-10)13-11-5-2-3-6-11/h10-11,13-14H,2-9H2,1H3. The Bertz CT molecular complexity index is 206. The van der Waals surface area contributed by atoms with Crippen LogP contribution in [-0.2, 0) is 0 Å². The Morgan fingerprint density at radius 1 is 1.33 bits per heavy atom. The van der Waals surface area contributed by atoms with E-state index in [-0.39, 0.29) is 5.54 Å². The van der Waals surface area contributed by atoms with Gasteiger partial charge in [-0.3, -0.25) is 0 Å². The van der Waals surface area contributed by atoms with Crippen LogP contribution >= 0.6 is 11.8 Å². The fraction of sp³-hybridized carbons (Fsp3) is 1.00. The molecule has 2 unspecified atom stereocenters. The van der Waals surface area contributed by atoms with Gasteiger partial charge in [0.1, 0.15) is 0 Å². The summed E-state index contributed by atoms with van der Waals surface area (Å²) in [6.45, 7) is 2.57. The van der Waals surface area contributed by atoms with E-state index < -0.39 is 0 Å². The van der Waals surface area contributed by atoms with Crippen molar-refractivity contribution in [3.05, 3.63) is 0 Å². The predicted molar refractivity (Wildman–Crippen MR) is 66.4 cm³/mol. The highest BCUT2D eigenvalue weighted by molar-refractivity contribution is 8.00. The molecule has 0 radical (unpaired) electrons. The molecule has 3 heteroatoms. The Labute approximate surface area is 97.2 Å². The van der Waals surface area contributed by atoms with Crippen molar-refractivity contribution in [1.82, 2.24) is 5.32 Å². The third-order valence-electron chi connectivity index (χ3n) is 4.04. The highest BCUT2D eigenvalue weighted by Gasteiger charge is 2.39. The van der Waals surface area contributed by atoms with Crippen LogP contribution in [0.25, 0.3) is 0 Å². The second-order valence-electron chi connectivity index (χ2n) is 5.06. The molecule has 0 spiro atoms. The minimum Gasteiger partial charge on any atom is -0.394 e. The van der Waals surface area contributed by atoms with Gasteiger partial charge in [-0.15, -0.1) is 0 Å². The van der Waals surface area contributed by atoms with Crippen molar-refractivity contribution in [2.45, 2.75) is 62.3 Å². The first kappa shape index (κ1) is 11.7. The monoisotopic (exact) mass is 229 g/mol. The van der Waals surface area contributed by atoms with Crippen LogP contribution < -0.4 is 5.32 Å². The Morgan fingerprint density at radius 2 is 2.07 bits per heavy atom. The molecule has 2 atom stereocenters. The summed E-state index contributed by atoms with van der Waals surface area (Å²) >= 11 is 2.01. The lowest BCUT2D eigenvalue weighted by atomic mass is 9.89. The van der Waals surface area contributed by atoms with E-state index in [2.05, 4.69) is 12.2 Å². The summed E-state index contributed by atoms with van der Waals surface area (Å²) in [7, 11) is 0. The molecule has 2 fully saturated rings. The number of rotatable bonds is 3. The Kier molecular flexibility index (Phi) is 3.97. The normalized spacial score (nSPS) is 38.4. The zero-order valence-corrected chi connectivity index (χ0v) is 10.5. The van der Waals surface area contributed by atoms with Crippen molar-refractivity contribution in [3.8, 4) is 0 Å². The molecule has 2 rings (SSSR count). The summed E-state index contributed by atoms with van der Waals surface area (Å²) in [6, 6.07) is 0.665. The molecule has 2 aliphatic rings. The first-order chi connectivity index (χ1) is 7.27. The van der Waals surface area contributed by atoms with Crippen molar-refractivity contribution < 1.29 is 5.11 Å². The highest BCUT2D eigenvalue weighted by atomic mass is 32.2. The van der Waals surface area contributed by atoms with Crippen molar-refractivity contribution in [3.63, 3.8) is 0 Å². The third-order valence-corrected chi connectivity index (χ3v) is 5.52. The molecule has 2 N–H and O–H groups in total. The molecule has 1 heterocycles. The molecular formula is C12H23NOS. The minimum atomic E-state index is 0.0118. The van der Waals surface area contributed by atoms with Crippen LogP contribution in [-0.4, -0.2) is 34.3 Å². The number of aliphatic hydroxyl groups excluding tert-OH is 1. The van der Waals surface area contributed by atoms with Crippen LogP contribution in [0.5, 0.6) is 0 Å². The van der Waals surface area contributed by atoms with Gasteiger partial charge >= 0.3 is 0 Å². The molecule has 1 saturated heterocycles. The van der Waals surface area contributed by atoms with Gasteiger partial charge in [0.25, 0.3) is 0 Å². The summed E-state index contributed by atoms with van der Waals surface area (Å²) in [5.74, 6) is 1.26. The van der Waals surface area contributed by atoms with Gasteiger partial charge < -0.3 is 10.4 Å². The maximum Gasteiger partial charge on any atom is 0.0624 e.